The van der Waals surface area contributed by atoms with Crippen LogP contribution in [0.25, 0.3) is 75.1 Å². The Hall–Kier alpha value is -8.04. The summed E-state index contributed by atoms with van der Waals surface area (Å²) in [5.41, 5.74) is 15.3. The Labute approximate surface area is 382 Å². The molecule has 0 bridgehead atoms. The van der Waals surface area contributed by atoms with Gasteiger partial charge in [0.05, 0.1) is 5.41 Å². The third-order valence-corrected chi connectivity index (χ3v) is 14.9. The molecule has 304 valence electrons. The first kappa shape index (κ1) is 37.5. The zero-order valence-corrected chi connectivity index (χ0v) is 36.3. The van der Waals surface area contributed by atoms with Gasteiger partial charge in [-0.1, -0.05) is 200 Å². The molecule has 13 rings (SSSR count). The first-order valence-electron chi connectivity index (χ1n) is 22.4. The molecule has 65 heavy (non-hydrogen) atoms. The Morgan fingerprint density at radius 2 is 0.846 bits per heavy atom. The number of rotatable bonds is 7. The van der Waals surface area contributed by atoms with Crippen LogP contribution in [0.4, 0.5) is 17.1 Å². The molecule has 2 heteroatoms. The number of benzene rings is 11. The van der Waals surface area contributed by atoms with Crippen molar-refractivity contribution in [3.05, 3.63) is 271 Å². The van der Waals surface area contributed by atoms with E-state index in [0.717, 1.165) is 17.1 Å². The van der Waals surface area contributed by atoms with Gasteiger partial charge in [0.1, 0.15) is 0 Å². The van der Waals surface area contributed by atoms with Gasteiger partial charge in [-0.25, -0.2) is 0 Å². The summed E-state index contributed by atoms with van der Waals surface area (Å²) in [5, 5.41) is 7.85. The van der Waals surface area contributed by atoms with E-state index >= 15 is 0 Å². The molecule has 0 N–H and O–H groups in total. The number of hydrogen-bond acceptors (Lipinski definition) is 2. The van der Waals surface area contributed by atoms with E-state index in [9.17, 15) is 0 Å². The molecule has 1 aromatic heterocycles. The molecule has 0 saturated carbocycles. The van der Waals surface area contributed by atoms with Crippen molar-refractivity contribution in [2.75, 3.05) is 4.90 Å². The van der Waals surface area contributed by atoms with Gasteiger partial charge in [0, 0.05) is 42.6 Å². The third-order valence-electron chi connectivity index (χ3n) is 13.7. The van der Waals surface area contributed by atoms with Crippen LogP contribution < -0.4 is 4.90 Å². The van der Waals surface area contributed by atoms with Crippen LogP contribution in [0.5, 0.6) is 0 Å². The minimum atomic E-state index is -0.499. The minimum Gasteiger partial charge on any atom is -0.310 e. The average Bonchev–Trinajstić information content (AvgIpc) is 3.91. The van der Waals surface area contributed by atoms with Gasteiger partial charge >= 0.3 is 0 Å². The highest BCUT2D eigenvalue weighted by atomic mass is 32.1. The molecule has 0 saturated heterocycles. The van der Waals surface area contributed by atoms with Gasteiger partial charge in [-0.3, -0.25) is 0 Å². The first-order valence-corrected chi connectivity index (χ1v) is 23.2. The lowest BCUT2D eigenvalue weighted by Gasteiger charge is -2.35. The number of thiophene rings is 1. The molecule has 1 aliphatic carbocycles. The van der Waals surface area contributed by atoms with Crippen LogP contribution in [0.1, 0.15) is 22.3 Å². The average molecular weight is 844 g/mol. The molecule has 0 aliphatic heterocycles. The maximum atomic E-state index is 2.45. The van der Waals surface area contributed by atoms with E-state index in [-0.39, 0.29) is 0 Å². The van der Waals surface area contributed by atoms with E-state index in [1.54, 1.807) is 0 Å². The van der Waals surface area contributed by atoms with E-state index in [1.807, 2.05) is 11.3 Å². The van der Waals surface area contributed by atoms with Crippen molar-refractivity contribution in [1.29, 1.82) is 0 Å². The van der Waals surface area contributed by atoms with Gasteiger partial charge in [0.15, 0.2) is 0 Å². The number of anilines is 3. The molecule has 1 heterocycles. The standard InChI is InChI=1S/C63H41NS/c1-4-14-42(15-5-1)43-26-32-50(33-27-43)64(52-36-39-55-54-20-10-12-22-58(54)63(59(55)41-52,48-16-6-2-7-17-48)49-18-8-3-9-19-49)51-34-28-44(29-35-51)46-31-37-53-47(40-46)25-24-45-30-38-57-56-21-11-13-23-60(56)65-62(57)61(45)53/h1-41H. The van der Waals surface area contributed by atoms with Gasteiger partial charge in [0.2, 0.25) is 0 Å². The van der Waals surface area contributed by atoms with E-state index in [2.05, 4.69) is 254 Å². The Balaban J connectivity index is 0.954. The highest BCUT2D eigenvalue weighted by Crippen LogP contribution is 2.57. The Bertz CT molecular complexity index is 3700. The minimum absolute atomic E-state index is 0.499. The monoisotopic (exact) mass is 843 g/mol. The van der Waals surface area contributed by atoms with Crippen molar-refractivity contribution >= 4 is 70.1 Å². The Morgan fingerprint density at radius 3 is 1.57 bits per heavy atom. The van der Waals surface area contributed by atoms with Crippen LogP contribution in [0.3, 0.4) is 0 Å². The highest BCUT2D eigenvalue weighted by Gasteiger charge is 2.46. The molecule has 12 aromatic rings. The van der Waals surface area contributed by atoms with Crippen LogP contribution in [0, 0.1) is 0 Å². The van der Waals surface area contributed by atoms with Gasteiger partial charge in [0.25, 0.3) is 0 Å². The predicted molar refractivity (Wildman–Crippen MR) is 277 cm³/mol. The predicted octanol–water partition coefficient (Wildman–Crippen LogP) is 17.5. The number of hydrogen-bond donors (Lipinski definition) is 0. The van der Waals surface area contributed by atoms with Gasteiger partial charge in [-0.05, 0) is 120 Å². The summed E-state index contributed by atoms with van der Waals surface area (Å²) in [6.45, 7) is 0. The highest BCUT2D eigenvalue weighted by molar-refractivity contribution is 7.26. The van der Waals surface area contributed by atoms with E-state index in [0.29, 0.717) is 0 Å². The smallest absolute Gasteiger partial charge is 0.0714 e. The summed E-state index contributed by atoms with van der Waals surface area (Å²) in [7, 11) is 0. The second-order valence-corrected chi connectivity index (χ2v) is 18.2. The van der Waals surface area contributed by atoms with Crippen molar-refractivity contribution in [2.45, 2.75) is 5.41 Å². The summed E-state index contributed by atoms with van der Waals surface area (Å²) in [4.78, 5) is 2.42. The van der Waals surface area contributed by atoms with Crippen molar-refractivity contribution in [3.63, 3.8) is 0 Å². The van der Waals surface area contributed by atoms with Gasteiger partial charge in [-0.15, -0.1) is 11.3 Å². The zero-order valence-electron chi connectivity index (χ0n) is 35.5. The van der Waals surface area contributed by atoms with Crippen LogP contribution in [0.2, 0.25) is 0 Å². The second-order valence-electron chi connectivity index (χ2n) is 17.2. The quantitative estimate of drug-likeness (QED) is 0.145. The second kappa shape index (κ2) is 15.1. The Morgan fingerprint density at radius 1 is 0.323 bits per heavy atom. The summed E-state index contributed by atoms with van der Waals surface area (Å²) in [5.74, 6) is 0. The van der Waals surface area contributed by atoms with Crippen LogP contribution in [-0.4, -0.2) is 0 Å². The maximum Gasteiger partial charge on any atom is 0.0714 e. The lowest BCUT2D eigenvalue weighted by atomic mass is 9.67. The van der Waals surface area contributed by atoms with E-state index < -0.39 is 5.41 Å². The molecular weight excluding hydrogens is 803 g/mol. The molecule has 0 spiro atoms. The Kier molecular flexibility index (Phi) is 8.69. The third kappa shape index (κ3) is 5.92. The largest absolute Gasteiger partial charge is 0.310 e. The molecule has 0 unspecified atom stereocenters. The lowest BCUT2D eigenvalue weighted by Crippen LogP contribution is -2.28. The summed E-state index contributed by atoms with van der Waals surface area (Å²) in [6, 6.07) is 92.0. The van der Waals surface area contributed by atoms with Crippen molar-refractivity contribution in [1.82, 2.24) is 0 Å². The van der Waals surface area contributed by atoms with Crippen LogP contribution in [0.15, 0.2) is 249 Å². The summed E-state index contributed by atoms with van der Waals surface area (Å²) in [6.07, 6.45) is 0. The fraction of sp³-hybridized carbons (Fsp3) is 0.0159. The first-order chi connectivity index (χ1) is 32.2. The van der Waals surface area contributed by atoms with Crippen LogP contribution >= 0.6 is 11.3 Å². The molecule has 0 atom stereocenters. The molecule has 1 nitrogen and oxygen atoms in total. The van der Waals surface area contributed by atoms with Crippen molar-refractivity contribution < 1.29 is 0 Å². The summed E-state index contributed by atoms with van der Waals surface area (Å²) < 4.78 is 2.70. The van der Waals surface area contributed by atoms with Crippen LogP contribution in [-0.2, 0) is 5.41 Å². The maximum absolute atomic E-state index is 2.45. The number of fused-ring (bicyclic) bond motifs is 10. The fourth-order valence-corrected chi connectivity index (χ4v) is 12.0. The molecule has 11 aromatic carbocycles. The molecule has 1 aliphatic rings. The topological polar surface area (TPSA) is 3.24 Å². The molecule has 0 amide bonds. The SMILES string of the molecule is c1ccc(-c2ccc(N(c3ccc(-c4ccc5c(ccc6ccc7c8ccccc8sc7c65)c4)cc3)c3ccc4c(c3)C(c3ccccc3)(c3ccccc3)c3ccccc3-4)cc2)cc1. The molecular formula is C63H41NS. The fourth-order valence-electron chi connectivity index (χ4n) is 10.8. The van der Waals surface area contributed by atoms with Crippen molar-refractivity contribution in [2.24, 2.45) is 0 Å². The number of nitrogens with zero attached hydrogens (tertiary/aromatic N) is 1. The van der Waals surface area contributed by atoms with Gasteiger partial charge < -0.3 is 4.90 Å². The normalized spacial score (nSPS) is 12.7. The zero-order chi connectivity index (χ0) is 42.9. The summed E-state index contributed by atoms with van der Waals surface area (Å²) >= 11 is 1.90. The van der Waals surface area contributed by atoms with E-state index in [1.165, 1.54) is 97.4 Å². The van der Waals surface area contributed by atoms with E-state index in [4.69, 9.17) is 0 Å². The lowest BCUT2D eigenvalue weighted by molar-refractivity contribution is 0.768. The molecule has 0 fully saturated rings. The van der Waals surface area contributed by atoms with Gasteiger partial charge in [-0.2, -0.15) is 0 Å². The van der Waals surface area contributed by atoms with Crippen molar-refractivity contribution in [3.8, 4) is 33.4 Å². The molecule has 0 radical (unpaired) electrons.